The molecule has 2 aromatic rings. The van der Waals surface area contributed by atoms with Crippen LogP contribution in [0.1, 0.15) is 38.1 Å². The maximum Gasteiger partial charge on any atom is 0.226 e. The fourth-order valence-corrected chi connectivity index (χ4v) is 5.20. The van der Waals surface area contributed by atoms with Crippen molar-refractivity contribution in [3.63, 3.8) is 0 Å². The molecule has 0 aliphatic carbocycles. The number of carbonyl (C=O) groups is 1. The summed E-state index contributed by atoms with van der Waals surface area (Å²) < 4.78 is 5.87. The first kappa shape index (κ1) is 21.7. The van der Waals surface area contributed by atoms with Crippen molar-refractivity contribution in [2.45, 2.75) is 58.3 Å². The van der Waals surface area contributed by atoms with Crippen LogP contribution in [0, 0.1) is 24.2 Å². The number of aryl methyl sites for hydroxylation is 1. The van der Waals surface area contributed by atoms with Gasteiger partial charge in [0, 0.05) is 43.7 Å². The molecule has 1 amide bonds. The lowest BCUT2D eigenvalue weighted by Gasteiger charge is -2.35. The van der Waals surface area contributed by atoms with E-state index in [1.54, 1.807) is 22.4 Å². The van der Waals surface area contributed by atoms with Gasteiger partial charge in [-0.05, 0) is 39.7 Å². The molecule has 0 aromatic carbocycles. The Hall–Kier alpha value is -2.57. The number of anilines is 1. The summed E-state index contributed by atoms with van der Waals surface area (Å²) in [6.45, 7) is 7.96. The summed E-state index contributed by atoms with van der Waals surface area (Å²) in [7, 11) is 0. The predicted octanol–water partition coefficient (Wildman–Crippen LogP) is 3.04. The second-order valence-corrected chi connectivity index (χ2v) is 9.64. The standard InChI is InChI=1S/C22H28N6O2S/c1-14(2)30-18-10-17(11-23)28(13-18)22(29)16-5-8-27(9-6-16)20-12-24-7-4-19(20)21-26-25-15(3)31-21/h4,7,12,14,16-18H,5-6,8-10,13H2,1-3H3/t17-,18+/m1/s1. The highest BCUT2D eigenvalue weighted by molar-refractivity contribution is 7.14. The molecule has 0 unspecified atom stereocenters. The van der Waals surface area contributed by atoms with Gasteiger partial charge in [-0.3, -0.25) is 9.78 Å². The number of ether oxygens (including phenoxy) is 1. The highest BCUT2D eigenvalue weighted by Crippen LogP contribution is 2.35. The zero-order chi connectivity index (χ0) is 22.0. The Morgan fingerprint density at radius 1 is 1.32 bits per heavy atom. The fourth-order valence-electron chi connectivity index (χ4n) is 4.47. The van der Waals surface area contributed by atoms with E-state index in [2.05, 4.69) is 26.2 Å². The van der Waals surface area contributed by atoms with E-state index in [0.717, 1.165) is 47.2 Å². The van der Waals surface area contributed by atoms with E-state index in [1.165, 1.54) is 0 Å². The summed E-state index contributed by atoms with van der Waals surface area (Å²) in [5.41, 5.74) is 2.06. The van der Waals surface area contributed by atoms with Crippen LogP contribution < -0.4 is 4.90 Å². The molecule has 8 nitrogen and oxygen atoms in total. The Labute approximate surface area is 186 Å². The molecule has 164 valence electrons. The van der Waals surface area contributed by atoms with E-state index in [-0.39, 0.29) is 30.1 Å². The van der Waals surface area contributed by atoms with E-state index >= 15 is 0 Å². The molecular weight excluding hydrogens is 412 g/mol. The monoisotopic (exact) mass is 440 g/mol. The predicted molar refractivity (Wildman–Crippen MR) is 119 cm³/mol. The third kappa shape index (κ3) is 4.70. The van der Waals surface area contributed by atoms with Crippen LogP contribution in [0.4, 0.5) is 5.69 Å². The van der Waals surface area contributed by atoms with Gasteiger partial charge in [0.25, 0.3) is 0 Å². The fraction of sp³-hybridized carbons (Fsp3) is 0.591. The van der Waals surface area contributed by atoms with Gasteiger partial charge in [-0.25, -0.2) is 0 Å². The lowest BCUT2D eigenvalue weighted by Crippen LogP contribution is -2.44. The molecule has 31 heavy (non-hydrogen) atoms. The summed E-state index contributed by atoms with van der Waals surface area (Å²) >= 11 is 1.57. The first-order valence-corrected chi connectivity index (χ1v) is 11.6. The molecule has 2 aliphatic rings. The maximum atomic E-state index is 13.2. The van der Waals surface area contributed by atoms with E-state index < -0.39 is 0 Å². The van der Waals surface area contributed by atoms with Crippen molar-refractivity contribution in [3.8, 4) is 16.6 Å². The van der Waals surface area contributed by atoms with Crippen LogP contribution >= 0.6 is 11.3 Å². The average Bonchev–Trinajstić information content (AvgIpc) is 3.39. The van der Waals surface area contributed by atoms with Gasteiger partial charge in [0.1, 0.15) is 16.1 Å². The minimum Gasteiger partial charge on any atom is -0.374 e. The van der Waals surface area contributed by atoms with Gasteiger partial charge in [0.15, 0.2) is 0 Å². The summed E-state index contributed by atoms with van der Waals surface area (Å²) in [6.07, 6.45) is 5.79. The molecule has 2 aliphatic heterocycles. The second kappa shape index (κ2) is 9.28. The van der Waals surface area contributed by atoms with Crippen molar-refractivity contribution in [2.24, 2.45) is 5.92 Å². The lowest BCUT2D eigenvalue weighted by atomic mass is 9.94. The van der Waals surface area contributed by atoms with Crippen LogP contribution in [-0.2, 0) is 9.53 Å². The minimum absolute atomic E-state index is 0.0537. The SMILES string of the molecule is Cc1nnc(-c2ccncc2N2CCC(C(=O)N3C[C@@H](OC(C)C)C[C@@H]3C#N)CC2)s1. The number of rotatable bonds is 5. The van der Waals surface area contributed by atoms with Crippen molar-refractivity contribution in [1.29, 1.82) is 5.26 Å². The third-order valence-corrected chi connectivity index (χ3v) is 6.77. The summed E-state index contributed by atoms with van der Waals surface area (Å²) in [6, 6.07) is 3.88. The molecule has 0 saturated carbocycles. The molecule has 0 N–H and O–H groups in total. The molecule has 4 heterocycles. The number of piperidine rings is 1. The summed E-state index contributed by atoms with van der Waals surface area (Å²) in [5.74, 6) is 0.0287. The highest BCUT2D eigenvalue weighted by Gasteiger charge is 2.39. The molecule has 2 aromatic heterocycles. The molecular formula is C22H28N6O2S. The number of amides is 1. The smallest absolute Gasteiger partial charge is 0.226 e. The molecule has 9 heteroatoms. The first-order valence-electron chi connectivity index (χ1n) is 10.8. The van der Waals surface area contributed by atoms with Crippen molar-refractivity contribution in [2.75, 3.05) is 24.5 Å². The van der Waals surface area contributed by atoms with Gasteiger partial charge in [-0.1, -0.05) is 11.3 Å². The zero-order valence-electron chi connectivity index (χ0n) is 18.2. The topological polar surface area (TPSA) is 95.2 Å². The van der Waals surface area contributed by atoms with Crippen LogP contribution in [-0.4, -0.2) is 63.9 Å². The molecule has 0 bridgehead atoms. The van der Waals surface area contributed by atoms with E-state index in [1.807, 2.05) is 33.0 Å². The van der Waals surface area contributed by atoms with Gasteiger partial charge in [-0.2, -0.15) is 5.26 Å². The Bertz CT molecular complexity index is 963. The number of likely N-dealkylation sites (tertiary alicyclic amines) is 1. The van der Waals surface area contributed by atoms with Crippen LogP contribution in [0.25, 0.3) is 10.6 Å². The number of carbonyl (C=O) groups excluding carboxylic acids is 1. The summed E-state index contributed by atoms with van der Waals surface area (Å²) in [5, 5.41) is 19.8. The Kier molecular flexibility index (Phi) is 6.49. The normalized spacial score (nSPS) is 22.2. The van der Waals surface area contributed by atoms with Gasteiger partial charge < -0.3 is 14.5 Å². The minimum atomic E-state index is -0.389. The average molecular weight is 441 g/mol. The molecule has 2 fully saturated rings. The van der Waals surface area contributed by atoms with Crippen molar-refractivity contribution in [3.05, 3.63) is 23.5 Å². The quantitative estimate of drug-likeness (QED) is 0.705. The lowest BCUT2D eigenvalue weighted by molar-refractivity contribution is -0.136. The number of nitrogens with zero attached hydrogens (tertiary/aromatic N) is 6. The molecule has 0 radical (unpaired) electrons. The van der Waals surface area contributed by atoms with Gasteiger partial charge in [0.2, 0.25) is 5.91 Å². The molecule has 4 rings (SSSR count). The maximum absolute atomic E-state index is 13.2. The number of pyridine rings is 1. The van der Waals surface area contributed by atoms with E-state index in [0.29, 0.717) is 13.0 Å². The van der Waals surface area contributed by atoms with Crippen LogP contribution in [0.5, 0.6) is 0 Å². The Morgan fingerprint density at radius 2 is 2.10 bits per heavy atom. The van der Waals surface area contributed by atoms with Gasteiger partial charge in [0.05, 0.1) is 30.2 Å². The highest BCUT2D eigenvalue weighted by atomic mass is 32.1. The van der Waals surface area contributed by atoms with Crippen LogP contribution in [0.15, 0.2) is 18.5 Å². The second-order valence-electron chi connectivity index (χ2n) is 8.46. The number of nitriles is 1. The third-order valence-electron chi connectivity index (χ3n) is 5.90. The van der Waals surface area contributed by atoms with E-state index in [9.17, 15) is 10.1 Å². The number of aromatic nitrogens is 3. The zero-order valence-corrected chi connectivity index (χ0v) is 19.0. The Morgan fingerprint density at radius 3 is 2.74 bits per heavy atom. The van der Waals surface area contributed by atoms with Crippen LogP contribution in [0.3, 0.4) is 0 Å². The number of hydrogen-bond acceptors (Lipinski definition) is 8. The summed E-state index contributed by atoms with van der Waals surface area (Å²) in [4.78, 5) is 21.5. The van der Waals surface area contributed by atoms with Gasteiger partial charge in [-0.15, -0.1) is 10.2 Å². The molecule has 2 saturated heterocycles. The van der Waals surface area contributed by atoms with E-state index in [4.69, 9.17) is 4.74 Å². The number of hydrogen-bond donors (Lipinski definition) is 0. The van der Waals surface area contributed by atoms with Crippen molar-refractivity contribution >= 4 is 22.9 Å². The van der Waals surface area contributed by atoms with Crippen molar-refractivity contribution < 1.29 is 9.53 Å². The molecule has 0 spiro atoms. The van der Waals surface area contributed by atoms with Gasteiger partial charge >= 0.3 is 0 Å². The van der Waals surface area contributed by atoms with Crippen LogP contribution in [0.2, 0.25) is 0 Å². The first-order chi connectivity index (χ1) is 15.0. The largest absolute Gasteiger partial charge is 0.374 e. The Balaban J connectivity index is 1.42. The van der Waals surface area contributed by atoms with Crippen molar-refractivity contribution in [1.82, 2.24) is 20.1 Å². The molecule has 2 atom stereocenters.